The highest BCUT2D eigenvalue weighted by Crippen LogP contribution is 2.48. The summed E-state index contributed by atoms with van der Waals surface area (Å²) >= 11 is 0. The van der Waals surface area contributed by atoms with Crippen LogP contribution >= 0.6 is 0 Å². The fourth-order valence-corrected chi connectivity index (χ4v) is 5.16. The molecular formula is C30H34N2O9. The zero-order chi connectivity index (χ0) is 29.8. The Bertz CT molecular complexity index is 1430. The minimum absolute atomic E-state index is 0.280. The van der Waals surface area contributed by atoms with Crippen LogP contribution in [0.3, 0.4) is 0 Å². The molecule has 11 heteroatoms. The third-order valence-electron chi connectivity index (χ3n) is 7.14. The Labute approximate surface area is 238 Å². The van der Waals surface area contributed by atoms with Crippen molar-refractivity contribution in [3.8, 4) is 40.2 Å². The molecule has 1 N–H and O–H groups in total. The van der Waals surface area contributed by atoms with E-state index in [1.54, 1.807) is 49.5 Å². The number of carbonyl (C=O) groups excluding carboxylic acids is 2. The highest BCUT2D eigenvalue weighted by molar-refractivity contribution is 6.05. The summed E-state index contributed by atoms with van der Waals surface area (Å²) in [5.74, 6) is 1.36. The average Bonchev–Trinajstić information content (AvgIpc) is 3.00. The predicted octanol–water partition coefficient (Wildman–Crippen LogP) is 4.30. The van der Waals surface area contributed by atoms with E-state index in [1.807, 2.05) is 0 Å². The lowest BCUT2D eigenvalue weighted by Crippen LogP contribution is -2.44. The number of benzene rings is 3. The van der Waals surface area contributed by atoms with Crippen molar-refractivity contribution in [2.24, 2.45) is 0 Å². The molecule has 0 fully saturated rings. The number of rotatable bonds is 10. The number of fused-ring (bicyclic) bond motifs is 1. The molecule has 11 nitrogen and oxygen atoms in total. The molecule has 3 aromatic rings. The first kappa shape index (κ1) is 29.2. The number of nitrogens with zero attached hydrogens (tertiary/aromatic N) is 1. The molecule has 4 rings (SSSR count). The Morgan fingerprint density at radius 3 is 1.76 bits per heavy atom. The van der Waals surface area contributed by atoms with Gasteiger partial charge in [0.15, 0.2) is 34.5 Å². The summed E-state index contributed by atoms with van der Waals surface area (Å²) in [7, 11) is 12.2. The second-order valence-electron chi connectivity index (χ2n) is 9.15. The van der Waals surface area contributed by atoms with Gasteiger partial charge in [0.1, 0.15) is 0 Å². The van der Waals surface area contributed by atoms with Crippen molar-refractivity contribution >= 4 is 17.5 Å². The molecule has 0 saturated heterocycles. The van der Waals surface area contributed by atoms with Gasteiger partial charge in [-0.1, -0.05) is 6.07 Å². The van der Waals surface area contributed by atoms with Crippen LogP contribution in [0.2, 0.25) is 0 Å². The second-order valence-corrected chi connectivity index (χ2v) is 9.15. The van der Waals surface area contributed by atoms with E-state index in [2.05, 4.69) is 5.32 Å². The quantitative estimate of drug-likeness (QED) is 0.384. The monoisotopic (exact) mass is 566 g/mol. The van der Waals surface area contributed by atoms with Crippen molar-refractivity contribution in [1.29, 1.82) is 0 Å². The van der Waals surface area contributed by atoms with E-state index in [0.29, 0.717) is 62.6 Å². The first-order chi connectivity index (χ1) is 19.8. The molecule has 0 aliphatic carbocycles. The predicted molar refractivity (Wildman–Crippen MR) is 151 cm³/mol. The van der Waals surface area contributed by atoms with Crippen LogP contribution in [0, 0.1) is 0 Å². The SMILES string of the molecule is COc1ccc(C2C(C(=O)Nc3cc(OC)c(OC)c(OC)c3)c3cc(OC)c(OC)cc3C(=O)N2C)cc1OC. The summed E-state index contributed by atoms with van der Waals surface area (Å²) in [6.07, 6.45) is 0. The van der Waals surface area contributed by atoms with Crippen molar-refractivity contribution in [1.82, 2.24) is 4.90 Å². The number of hydrogen-bond donors (Lipinski definition) is 1. The fraction of sp³-hybridized carbons (Fsp3) is 0.333. The molecule has 0 bridgehead atoms. The van der Waals surface area contributed by atoms with Crippen LogP contribution in [-0.4, -0.2) is 73.5 Å². The van der Waals surface area contributed by atoms with Gasteiger partial charge in [-0.25, -0.2) is 0 Å². The van der Waals surface area contributed by atoms with Gasteiger partial charge in [-0.3, -0.25) is 9.59 Å². The summed E-state index contributed by atoms with van der Waals surface area (Å²) in [6.45, 7) is 0. The van der Waals surface area contributed by atoms with Crippen LogP contribution in [0.1, 0.15) is 33.4 Å². The van der Waals surface area contributed by atoms with Gasteiger partial charge in [0.25, 0.3) is 5.91 Å². The van der Waals surface area contributed by atoms with E-state index in [4.69, 9.17) is 33.2 Å². The van der Waals surface area contributed by atoms with Crippen molar-refractivity contribution in [3.05, 3.63) is 59.2 Å². The summed E-state index contributed by atoms with van der Waals surface area (Å²) < 4.78 is 38.3. The van der Waals surface area contributed by atoms with Crippen molar-refractivity contribution in [2.75, 3.05) is 62.1 Å². The lowest BCUT2D eigenvalue weighted by Gasteiger charge is -2.40. The molecule has 3 aromatic carbocycles. The molecule has 218 valence electrons. The number of hydrogen-bond acceptors (Lipinski definition) is 9. The summed E-state index contributed by atoms with van der Waals surface area (Å²) in [5.41, 5.74) is 1.89. The zero-order valence-corrected chi connectivity index (χ0v) is 24.3. The highest BCUT2D eigenvalue weighted by Gasteiger charge is 2.44. The van der Waals surface area contributed by atoms with E-state index >= 15 is 0 Å². The topological polar surface area (TPSA) is 114 Å². The first-order valence-corrected chi connectivity index (χ1v) is 12.6. The van der Waals surface area contributed by atoms with E-state index in [-0.39, 0.29) is 11.8 Å². The van der Waals surface area contributed by atoms with Gasteiger partial charge in [0.2, 0.25) is 11.7 Å². The zero-order valence-electron chi connectivity index (χ0n) is 24.3. The Morgan fingerprint density at radius 2 is 1.22 bits per heavy atom. The molecule has 0 radical (unpaired) electrons. The maximum Gasteiger partial charge on any atom is 0.254 e. The Balaban J connectivity index is 1.90. The third-order valence-corrected chi connectivity index (χ3v) is 7.14. The molecule has 2 atom stereocenters. The normalized spacial score (nSPS) is 15.9. The third kappa shape index (κ3) is 5.22. The molecule has 1 aliphatic rings. The molecule has 2 amide bonds. The van der Waals surface area contributed by atoms with Crippen molar-refractivity contribution < 1.29 is 42.7 Å². The van der Waals surface area contributed by atoms with Gasteiger partial charge in [0.05, 0.1) is 61.7 Å². The highest BCUT2D eigenvalue weighted by atomic mass is 16.5. The molecule has 2 unspecified atom stereocenters. The van der Waals surface area contributed by atoms with Gasteiger partial charge in [-0.15, -0.1) is 0 Å². The fourth-order valence-electron chi connectivity index (χ4n) is 5.16. The van der Waals surface area contributed by atoms with Gasteiger partial charge in [0, 0.05) is 30.4 Å². The number of methoxy groups -OCH3 is 7. The number of likely N-dealkylation sites (N-methyl/N-ethyl adjacent to an activating group) is 1. The Hall–Kier alpha value is -4.80. The van der Waals surface area contributed by atoms with Gasteiger partial charge >= 0.3 is 0 Å². The van der Waals surface area contributed by atoms with Crippen LogP contribution in [-0.2, 0) is 4.79 Å². The maximum atomic E-state index is 14.3. The second kappa shape index (κ2) is 12.2. The van der Waals surface area contributed by atoms with E-state index in [0.717, 1.165) is 0 Å². The molecule has 1 aliphatic heterocycles. The Kier molecular flexibility index (Phi) is 8.65. The van der Waals surface area contributed by atoms with Crippen LogP contribution in [0.15, 0.2) is 42.5 Å². The van der Waals surface area contributed by atoms with Crippen LogP contribution in [0.5, 0.6) is 40.2 Å². The standard InChI is InChI=1S/C30H34N2O9/c1-32-27(16-9-10-20(35-2)21(11-16)36-3)26(18-14-22(37-4)23(38-5)15-19(18)30(32)34)29(33)31-17-12-24(39-6)28(41-8)25(13-17)40-7/h9-15,26-27H,1-8H3,(H,31,33). The number of ether oxygens (including phenoxy) is 7. The van der Waals surface area contributed by atoms with Gasteiger partial charge < -0.3 is 43.4 Å². The lowest BCUT2D eigenvalue weighted by atomic mass is 9.79. The molecule has 0 saturated carbocycles. The van der Waals surface area contributed by atoms with Gasteiger partial charge in [-0.2, -0.15) is 0 Å². The van der Waals surface area contributed by atoms with Crippen LogP contribution in [0.4, 0.5) is 5.69 Å². The number of carbonyl (C=O) groups is 2. The molecule has 0 aromatic heterocycles. The van der Waals surface area contributed by atoms with Gasteiger partial charge in [-0.05, 0) is 35.4 Å². The summed E-state index contributed by atoms with van der Waals surface area (Å²) in [6, 6.07) is 11.1. The average molecular weight is 567 g/mol. The van der Waals surface area contributed by atoms with Crippen molar-refractivity contribution in [2.45, 2.75) is 12.0 Å². The largest absolute Gasteiger partial charge is 0.493 e. The van der Waals surface area contributed by atoms with E-state index < -0.39 is 12.0 Å². The van der Waals surface area contributed by atoms with Crippen molar-refractivity contribution in [3.63, 3.8) is 0 Å². The molecule has 1 heterocycles. The number of amides is 2. The van der Waals surface area contributed by atoms with E-state index in [9.17, 15) is 9.59 Å². The number of nitrogens with one attached hydrogen (secondary N) is 1. The smallest absolute Gasteiger partial charge is 0.254 e. The molecule has 41 heavy (non-hydrogen) atoms. The van der Waals surface area contributed by atoms with Crippen LogP contribution in [0.25, 0.3) is 0 Å². The Morgan fingerprint density at radius 1 is 0.683 bits per heavy atom. The number of anilines is 1. The minimum Gasteiger partial charge on any atom is -0.493 e. The maximum absolute atomic E-state index is 14.3. The molecule has 0 spiro atoms. The lowest BCUT2D eigenvalue weighted by molar-refractivity contribution is -0.119. The van der Waals surface area contributed by atoms with Crippen LogP contribution < -0.4 is 38.5 Å². The minimum atomic E-state index is -0.871. The summed E-state index contributed by atoms with van der Waals surface area (Å²) in [4.78, 5) is 29.5. The summed E-state index contributed by atoms with van der Waals surface area (Å²) in [5, 5.41) is 2.99. The van der Waals surface area contributed by atoms with E-state index in [1.165, 1.54) is 54.7 Å². The molecular weight excluding hydrogens is 532 g/mol. The first-order valence-electron chi connectivity index (χ1n) is 12.6.